The molecule has 2 aromatic rings. The van der Waals surface area contributed by atoms with E-state index >= 15 is 0 Å². The van der Waals surface area contributed by atoms with E-state index in [1.807, 2.05) is 25.1 Å². The summed E-state index contributed by atoms with van der Waals surface area (Å²) in [6.45, 7) is 4.10. The summed E-state index contributed by atoms with van der Waals surface area (Å²) in [5.74, 6) is 0.731. The van der Waals surface area contributed by atoms with Crippen LogP contribution in [0, 0.1) is 6.92 Å². The lowest BCUT2D eigenvalue weighted by Crippen LogP contribution is -1.92. The Morgan fingerprint density at radius 3 is 2.65 bits per heavy atom. The molecule has 0 aliphatic carbocycles. The molecular formula is C12H11BrClNO3S2. The van der Waals surface area contributed by atoms with Crippen LogP contribution in [0.5, 0.6) is 5.75 Å². The number of aromatic nitrogens is 1. The summed E-state index contributed by atoms with van der Waals surface area (Å²) in [4.78, 5) is 4.26. The highest BCUT2D eigenvalue weighted by Crippen LogP contribution is 2.36. The van der Waals surface area contributed by atoms with Crippen LogP contribution in [0.15, 0.2) is 26.9 Å². The monoisotopic (exact) mass is 395 g/mol. The standard InChI is InChI=1S/C12H11BrClNO3S2/c1-3-18-10-5-4-8(6-9(10)13)11-15-7(2)12(19-11)20(14,16)17/h4-6H,3H2,1-2H3. The number of aryl methyl sites for hydroxylation is 1. The Hall–Kier alpha value is -0.630. The Kier molecular flexibility index (Phi) is 4.73. The fraction of sp³-hybridized carbons (Fsp3) is 0.250. The zero-order valence-corrected chi connectivity index (χ0v) is 14.7. The van der Waals surface area contributed by atoms with Gasteiger partial charge in [-0.25, -0.2) is 13.4 Å². The summed E-state index contributed by atoms with van der Waals surface area (Å²) in [6.07, 6.45) is 0. The molecule has 0 amide bonds. The van der Waals surface area contributed by atoms with E-state index in [2.05, 4.69) is 20.9 Å². The minimum absolute atomic E-state index is 0.0826. The lowest BCUT2D eigenvalue weighted by molar-refractivity contribution is 0.338. The lowest BCUT2D eigenvalue weighted by Gasteiger charge is -2.06. The summed E-state index contributed by atoms with van der Waals surface area (Å²) in [5.41, 5.74) is 1.21. The van der Waals surface area contributed by atoms with Crippen LogP contribution in [0.3, 0.4) is 0 Å². The first-order valence-corrected chi connectivity index (χ1v) is 9.59. The maximum atomic E-state index is 11.4. The molecule has 0 atom stereocenters. The van der Waals surface area contributed by atoms with E-state index in [9.17, 15) is 8.42 Å². The van der Waals surface area contributed by atoms with Gasteiger partial charge in [-0.15, -0.1) is 11.3 Å². The van der Waals surface area contributed by atoms with Crippen molar-refractivity contribution in [1.82, 2.24) is 4.98 Å². The summed E-state index contributed by atoms with van der Waals surface area (Å²) >= 11 is 4.47. The van der Waals surface area contributed by atoms with Crippen molar-refractivity contribution in [2.75, 3.05) is 6.61 Å². The molecule has 0 bridgehead atoms. The second kappa shape index (κ2) is 6.01. The molecule has 0 aliphatic heterocycles. The predicted octanol–water partition coefficient (Wildman–Crippen LogP) is 4.21. The number of halogens is 2. The molecule has 2 rings (SSSR count). The molecule has 0 radical (unpaired) electrons. The first-order valence-electron chi connectivity index (χ1n) is 5.67. The van der Waals surface area contributed by atoms with Gasteiger partial charge in [-0.2, -0.15) is 0 Å². The minimum atomic E-state index is -3.76. The van der Waals surface area contributed by atoms with Gasteiger partial charge in [0, 0.05) is 16.2 Å². The number of nitrogens with zero attached hydrogens (tertiary/aromatic N) is 1. The van der Waals surface area contributed by atoms with E-state index in [0.29, 0.717) is 17.3 Å². The van der Waals surface area contributed by atoms with Crippen LogP contribution in [-0.4, -0.2) is 20.0 Å². The van der Waals surface area contributed by atoms with Crippen molar-refractivity contribution in [3.05, 3.63) is 28.4 Å². The Morgan fingerprint density at radius 1 is 1.45 bits per heavy atom. The van der Waals surface area contributed by atoms with Gasteiger partial charge in [-0.3, -0.25) is 0 Å². The highest BCUT2D eigenvalue weighted by atomic mass is 79.9. The molecule has 0 fully saturated rings. The first kappa shape index (κ1) is 15.8. The topological polar surface area (TPSA) is 56.3 Å². The van der Waals surface area contributed by atoms with E-state index < -0.39 is 9.05 Å². The maximum Gasteiger partial charge on any atom is 0.272 e. The van der Waals surface area contributed by atoms with Crippen molar-refractivity contribution >= 4 is 47.0 Å². The fourth-order valence-electron chi connectivity index (χ4n) is 1.64. The average Bonchev–Trinajstić information content (AvgIpc) is 2.74. The quantitative estimate of drug-likeness (QED) is 0.727. The van der Waals surface area contributed by atoms with Crippen molar-refractivity contribution in [2.24, 2.45) is 0 Å². The SMILES string of the molecule is CCOc1ccc(-c2nc(C)c(S(=O)(=O)Cl)s2)cc1Br. The molecule has 0 spiro atoms. The summed E-state index contributed by atoms with van der Waals surface area (Å²) in [7, 11) is 1.62. The number of ether oxygens (including phenoxy) is 1. The van der Waals surface area contributed by atoms with Crippen LogP contribution in [0.25, 0.3) is 10.6 Å². The van der Waals surface area contributed by atoms with Crippen molar-refractivity contribution in [1.29, 1.82) is 0 Å². The highest BCUT2D eigenvalue weighted by molar-refractivity contribution is 9.10. The van der Waals surface area contributed by atoms with Crippen LogP contribution in [0.4, 0.5) is 0 Å². The zero-order valence-electron chi connectivity index (χ0n) is 10.7. The number of thiazole rings is 1. The average molecular weight is 397 g/mol. The molecule has 4 nitrogen and oxygen atoms in total. The molecule has 0 aliphatic rings. The number of benzene rings is 1. The van der Waals surface area contributed by atoms with Crippen LogP contribution in [-0.2, 0) is 9.05 Å². The van der Waals surface area contributed by atoms with Crippen LogP contribution < -0.4 is 4.74 Å². The first-order chi connectivity index (χ1) is 9.32. The molecule has 1 heterocycles. The summed E-state index contributed by atoms with van der Waals surface area (Å²) in [6, 6.07) is 5.49. The second-order valence-electron chi connectivity index (χ2n) is 3.91. The third-order valence-corrected chi connectivity index (χ3v) is 6.46. The van der Waals surface area contributed by atoms with Gasteiger partial charge in [-0.1, -0.05) is 0 Å². The maximum absolute atomic E-state index is 11.4. The zero-order chi connectivity index (χ0) is 14.9. The van der Waals surface area contributed by atoms with E-state index in [-0.39, 0.29) is 4.21 Å². The van der Waals surface area contributed by atoms with E-state index in [4.69, 9.17) is 15.4 Å². The molecule has 0 saturated carbocycles. The van der Waals surface area contributed by atoms with E-state index in [0.717, 1.165) is 27.1 Å². The van der Waals surface area contributed by atoms with Gasteiger partial charge in [0.25, 0.3) is 9.05 Å². The van der Waals surface area contributed by atoms with Gasteiger partial charge in [0.2, 0.25) is 0 Å². The minimum Gasteiger partial charge on any atom is -0.493 e. The summed E-state index contributed by atoms with van der Waals surface area (Å²) < 4.78 is 29.1. The van der Waals surface area contributed by atoms with Gasteiger partial charge >= 0.3 is 0 Å². The Balaban J connectivity index is 2.45. The van der Waals surface area contributed by atoms with Crippen LogP contribution >= 0.6 is 37.9 Å². The van der Waals surface area contributed by atoms with E-state index in [1.54, 1.807) is 6.92 Å². The molecule has 0 N–H and O–H groups in total. The molecule has 0 unspecified atom stereocenters. The number of hydrogen-bond acceptors (Lipinski definition) is 5. The van der Waals surface area contributed by atoms with Gasteiger partial charge in [0.1, 0.15) is 10.8 Å². The Labute approximate surface area is 134 Å². The highest BCUT2D eigenvalue weighted by Gasteiger charge is 2.20. The lowest BCUT2D eigenvalue weighted by atomic mass is 10.2. The van der Waals surface area contributed by atoms with Crippen molar-refractivity contribution in [3.8, 4) is 16.3 Å². The molecule has 0 saturated heterocycles. The molecule has 1 aromatic carbocycles. The second-order valence-corrected chi connectivity index (χ2v) is 8.52. The van der Waals surface area contributed by atoms with Gasteiger partial charge in [-0.05, 0) is 48.0 Å². The molecule has 108 valence electrons. The van der Waals surface area contributed by atoms with Crippen molar-refractivity contribution in [3.63, 3.8) is 0 Å². The van der Waals surface area contributed by atoms with Crippen molar-refractivity contribution < 1.29 is 13.2 Å². The van der Waals surface area contributed by atoms with Crippen LogP contribution in [0.2, 0.25) is 0 Å². The number of rotatable bonds is 4. The van der Waals surface area contributed by atoms with Gasteiger partial charge in [0.15, 0.2) is 4.21 Å². The smallest absolute Gasteiger partial charge is 0.272 e. The third-order valence-electron chi connectivity index (χ3n) is 2.45. The third kappa shape index (κ3) is 3.33. The fourth-order valence-corrected chi connectivity index (χ4v) is 4.58. The molecule has 20 heavy (non-hydrogen) atoms. The Morgan fingerprint density at radius 2 is 2.15 bits per heavy atom. The molecule has 8 heteroatoms. The largest absolute Gasteiger partial charge is 0.493 e. The number of hydrogen-bond donors (Lipinski definition) is 0. The normalized spacial score (nSPS) is 11.6. The van der Waals surface area contributed by atoms with Gasteiger partial charge < -0.3 is 4.74 Å². The summed E-state index contributed by atoms with van der Waals surface area (Å²) in [5, 5.41) is 0.602. The van der Waals surface area contributed by atoms with E-state index in [1.165, 1.54) is 0 Å². The molecular weight excluding hydrogens is 386 g/mol. The van der Waals surface area contributed by atoms with Crippen LogP contribution in [0.1, 0.15) is 12.6 Å². The predicted molar refractivity (Wildman–Crippen MR) is 84.2 cm³/mol. The molecule has 1 aromatic heterocycles. The van der Waals surface area contributed by atoms with Crippen molar-refractivity contribution in [2.45, 2.75) is 18.1 Å². The van der Waals surface area contributed by atoms with Gasteiger partial charge in [0.05, 0.1) is 16.8 Å². The Bertz CT molecular complexity index is 743.